The van der Waals surface area contributed by atoms with E-state index < -0.39 is 11.7 Å². The highest BCUT2D eigenvalue weighted by Crippen LogP contribution is 2.37. The van der Waals surface area contributed by atoms with E-state index in [0.717, 1.165) is 0 Å². The fourth-order valence-electron chi connectivity index (χ4n) is 2.15. The van der Waals surface area contributed by atoms with Gasteiger partial charge < -0.3 is 10.2 Å². The Morgan fingerprint density at radius 2 is 1.53 bits per heavy atom. The number of benzene rings is 2. The Morgan fingerprint density at radius 3 is 2.05 bits per heavy atom. The summed E-state index contributed by atoms with van der Waals surface area (Å²) in [7, 11) is 0. The van der Waals surface area contributed by atoms with Crippen LogP contribution in [0.1, 0.15) is 23.7 Å². The molecule has 0 spiro atoms. The maximum Gasteiger partial charge on any atom is 0.130 e. The van der Waals surface area contributed by atoms with Crippen LogP contribution < -0.4 is 0 Å². The molecular weight excluding hydrogens is 236 g/mol. The van der Waals surface area contributed by atoms with Gasteiger partial charge in [0.1, 0.15) is 11.7 Å². The van der Waals surface area contributed by atoms with Crippen molar-refractivity contribution in [1.29, 1.82) is 0 Å². The van der Waals surface area contributed by atoms with Crippen LogP contribution in [0, 0.1) is 12.3 Å². The standard InChI is InChI=1S/C17H16O2/c1-2-13-17(19,15-11-7-4-8-12-15)16(18)14-9-5-3-6-10-14/h1,3-12,16,18-19H,13H2. The average molecular weight is 252 g/mol. The molecule has 2 rings (SSSR count). The number of rotatable bonds is 4. The maximum absolute atomic E-state index is 10.8. The molecule has 2 unspecified atom stereocenters. The van der Waals surface area contributed by atoms with Crippen molar-refractivity contribution in [1.82, 2.24) is 0 Å². The van der Waals surface area contributed by atoms with E-state index in [1.165, 1.54) is 0 Å². The molecular formula is C17H16O2. The van der Waals surface area contributed by atoms with Crippen LogP contribution in [0.5, 0.6) is 0 Å². The zero-order chi connectivity index (χ0) is 13.7. The first-order valence-corrected chi connectivity index (χ1v) is 6.13. The molecule has 0 aliphatic carbocycles. The SMILES string of the molecule is C#CCC(O)(c1ccccc1)C(O)c1ccccc1. The van der Waals surface area contributed by atoms with Gasteiger partial charge in [-0.1, -0.05) is 60.7 Å². The zero-order valence-electron chi connectivity index (χ0n) is 10.5. The normalized spacial score (nSPS) is 15.2. The lowest BCUT2D eigenvalue weighted by atomic mass is 9.82. The lowest BCUT2D eigenvalue weighted by Gasteiger charge is -2.32. The van der Waals surface area contributed by atoms with Gasteiger partial charge in [-0.2, -0.15) is 0 Å². The van der Waals surface area contributed by atoms with Crippen molar-refractivity contribution in [2.24, 2.45) is 0 Å². The van der Waals surface area contributed by atoms with E-state index in [1.54, 1.807) is 24.3 Å². The second kappa shape index (κ2) is 5.71. The molecule has 0 fully saturated rings. The molecule has 2 aromatic carbocycles. The molecule has 0 aliphatic rings. The number of aliphatic hydroxyl groups is 2. The van der Waals surface area contributed by atoms with Gasteiger partial charge in [0.05, 0.1) is 0 Å². The summed E-state index contributed by atoms with van der Waals surface area (Å²) in [5.74, 6) is 2.45. The molecule has 2 N–H and O–H groups in total. The molecule has 0 saturated heterocycles. The Labute approximate surface area is 113 Å². The predicted molar refractivity (Wildman–Crippen MR) is 75.2 cm³/mol. The largest absolute Gasteiger partial charge is 0.385 e. The summed E-state index contributed by atoms with van der Waals surface area (Å²) < 4.78 is 0. The number of hydrogen-bond donors (Lipinski definition) is 2. The smallest absolute Gasteiger partial charge is 0.130 e. The second-order valence-electron chi connectivity index (χ2n) is 4.48. The van der Waals surface area contributed by atoms with Crippen molar-refractivity contribution in [3.05, 3.63) is 71.8 Å². The van der Waals surface area contributed by atoms with Gasteiger partial charge in [-0.3, -0.25) is 0 Å². The van der Waals surface area contributed by atoms with Gasteiger partial charge in [-0.25, -0.2) is 0 Å². The van der Waals surface area contributed by atoms with Crippen molar-refractivity contribution in [3.63, 3.8) is 0 Å². The molecule has 19 heavy (non-hydrogen) atoms. The minimum atomic E-state index is -1.47. The van der Waals surface area contributed by atoms with E-state index in [2.05, 4.69) is 5.92 Å². The summed E-state index contributed by atoms with van der Waals surface area (Å²) >= 11 is 0. The monoisotopic (exact) mass is 252 g/mol. The van der Waals surface area contributed by atoms with Crippen molar-refractivity contribution < 1.29 is 10.2 Å². The van der Waals surface area contributed by atoms with Crippen LogP contribution in [0.4, 0.5) is 0 Å². The lowest BCUT2D eigenvalue weighted by molar-refractivity contribution is -0.0795. The molecule has 0 saturated carbocycles. The van der Waals surface area contributed by atoms with Gasteiger partial charge in [0, 0.05) is 6.42 Å². The summed E-state index contributed by atoms with van der Waals surface area (Å²) in [6.45, 7) is 0. The van der Waals surface area contributed by atoms with Crippen LogP contribution in [0.3, 0.4) is 0 Å². The van der Waals surface area contributed by atoms with Gasteiger partial charge in [-0.15, -0.1) is 12.3 Å². The van der Waals surface area contributed by atoms with Gasteiger partial charge in [0.15, 0.2) is 0 Å². The first kappa shape index (κ1) is 13.4. The first-order valence-electron chi connectivity index (χ1n) is 6.13. The van der Waals surface area contributed by atoms with E-state index in [-0.39, 0.29) is 6.42 Å². The average Bonchev–Trinajstić information content (AvgIpc) is 2.48. The molecule has 0 radical (unpaired) electrons. The van der Waals surface area contributed by atoms with Crippen molar-refractivity contribution in [2.75, 3.05) is 0 Å². The third kappa shape index (κ3) is 2.68. The van der Waals surface area contributed by atoms with E-state index in [9.17, 15) is 10.2 Å². The van der Waals surface area contributed by atoms with Crippen LogP contribution in [-0.4, -0.2) is 10.2 Å². The summed E-state index contributed by atoms with van der Waals surface area (Å²) in [4.78, 5) is 0. The molecule has 2 aromatic rings. The summed E-state index contributed by atoms with van der Waals surface area (Å²) in [6.07, 6.45) is 4.33. The van der Waals surface area contributed by atoms with Crippen molar-refractivity contribution in [2.45, 2.75) is 18.1 Å². The van der Waals surface area contributed by atoms with E-state index in [4.69, 9.17) is 6.42 Å². The molecule has 0 heterocycles. The third-order valence-electron chi connectivity index (χ3n) is 3.21. The topological polar surface area (TPSA) is 40.5 Å². The molecule has 96 valence electrons. The van der Waals surface area contributed by atoms with Crippen LogP contribution in [0.15, 0.2) is 60.7 Å². The molecule has 0 amide bonds. The first-order chi connectivity index (χ1) is 9.18. The molecule has 0 bridgehead atoms. The minimum Gasteiger partial charge on any atom is -0.385 e. The fourth-order valence-corrected chi connectivity index (χ4v) is 2.15. The second-order valence-corrected chi connectivity index (χ2v) is 4.48. The maximum atomic E-state index is 10.8. The molecule has 2 heteroatoms. The number of aliphatic hydroxyl groups excluding tert-OH is 1. The Kier molecular flexibility index (Phi) is 4.01. The Balaban J connectivity index is 2.43. The molecule has 0 aromatic heterocycles. The Bertz CT molecular complexity index is 557. The summed E-state index contributed by atoms with van der Waals surface area (Å²) in [5, 5.41) is 21.3. The lowest BCUT2D eigenvalue weighted by Crippen LogP contribution is -2.33. The van der Waals surface area contributed by atoms with Gasteiger partial charge in [0.25, 0.3) is 0 Å². The highest BCUT2D eigenvalue weighted by molar-refractivity contribution is 5.30. The fraction of sp³-hybridized carbons (Fsp3) is 0.176. The minimum absolute atomic E-state index is 0.0487. The van der Waals surface area contributed by atoms with Gasteiger partial charge >= 0.3 is 0 Å². The van der Waals surface area contributed by atoms with Crippen molar-refractivity contribution >= 4 is 0 Å². The summed E-state index contributed by atoms with van der Waals surface area (Å²) in [5.41, 5.74) is -0.217. The van der Waals surface area contributed by atoms with Crippen molar-refractivity contribution in [3.8, 4) is 12.3 Å². The van der Waals surface area contributed by atoms with Gasteiger partial charge in [-0.05, 0) is 11.1 Å². The van der Waals surface area contributed by atoms with Crippen LogP contribution >= 0.6 is 0 Å². The third-order valence-corrected chi connectivity index (χ3v) is 3.21. The number of hydrogen-bond acceptors (Lipinski definition) is 2. The van der Waals surface area contributed by atoms with Crippen LogP contribution in [0.25, 0.3) is 0 Å². The molecule has 2 atom stereocenters. The molecule has 0 aliphatic heterocycles. The van der Waals surface area contributed by atoms with E-state index in [1.807, 2.05) is 36.4 Å². The summed E-state index contributed by atoms with van der Waals surface area (Å²) in [6, 6.07) is 18.1. The van der Waals surface area contributed by atoms with Crippen LogP contribution in [0.2, 0.25) is 0 Å². The van der Waals surface area contributed by atoms with Gasteiger partial charge in [0.2, 0.25) is 0 Å². The van der Waals surface area contributed by atoms with E-state index in [0.29, 0.717) is 11.1 Å². The quantitative estimate of drug-likeness (QED) is 0.821. The Hall–Kier alpha value is -2.08. The van der Waals surface area contributed by atoms with Crippen LogP contribution in [-0.2, 0) is 5.60 Å². The highest BCUT2D eigenvalue weighted by Gasteiger charge is 2.37. The Morgan fingerprint density at radius 1 is 1.00 bits per heavy atom. The zero-order valence-corrected chi connectivity index (χ0v) is 10.5. The highest BCUT2D eigenvalue weighted by atomic mass is 16.3. The molecule has 2 nitrogen and oxygen atoms in total. The number of terminal acetylenes is 1. The predicted octanol–water partition coefficient (Wildman–Crippen LogP) is 2.63. The van der Waals surface area contributed by atoms with E-state index >= 15 is 0 Å².